The van der Waals surface area contributed by atoms with Crippen molar-refractivity contribution in [1.82, 2.24) is 4.90 Å². The maximum absolute atomic E-state index is 5.97. The molecule has 3 heteroatoms. The van der Waals surface area contributed by atoms with Crippen LogP contribution < -0.4 is 0 Å². The van der Waals surface area contributed by atoms with E-state index in [4.69, 9.17) is 9.47 Å². The van der Waals surface area contributed by atoms with Crippen LogP contribution in [0.5, 0.6) is 0 Å². The maximum Gasteiger partial charge on any atom is 0.0644 e. The Morgan fingerprint density at radius 2 is 0.853 bits per heavy atom. The predicted octanol–water partition coefficient (Wildman–Crippen LogP) is 9.35. The number of ether oxygens (including phenoxy) is 2. The fourth-order valence-electron chi connectivity index (χ4n) is 4.22. The zero-order valence-electron chi connectivity index (χ0n) is 24.0. The Morgan fingerprint density at radius 3 is 1.24 bits per heavy atom. The molecule has 0 aliphatic heterocycles. The quantitative estimate of drug-likeness (QED) is 0.0820. The lowest BCUT2D eigenvalue weighted by molar-refractivity contribution is 0.0197. The van der Waals surface area contributed by atoms with Crippen molar-refractivity contribution in [3.63, 3.8) is 0 Å². The second-order valence-electron chi connectivity index (χ2n) is 10.5. The zero-order valence-corrected chi connectivity index (χ0v) is 24.0. The van der Waals surface area contributed by atoms with Crippen molar-refractivity contribution in [2.75, 3.05) is 40.5 Å². The Hall–Kier alpha value is -0.380. The van der Waals surface area contributed by atoms with Crippen LogP contribution in [0, 0.1) is 0 Å². The molecule has 3 nitrogen and oxygen atoms in total. The lowest BCUT2D eigenvalue weighted by Crippen LogP contribution is -2.37. The van der Waals surface area contributed by atoms with Crippen LogP contribution in [0.15, 0.2) is 12.2 Å². The number of rotatable bonds is 28. The summed E-state index contributed by atoms with van der Waals surface area (Å²) in [4.78, 5) is 2.24. The molecule has 0 N–H and O–H groups in total. The molecular weight excluding hydrogens is 418 g/mol. The van der Waals surface area contributed by atoms with Gasteiger partial charge >= 0.3 is 0 Å². The molecule has 0 heterocycles. The Bertz CT molecular complexity index is 397. The molecule has 0 aromatic heterocycles. The van der Waals surface area contributed by atoms with Crippen LogP contribution in [-0.2, 0) is 9.47 Å². The van der Waals surface area contributed by atoms with Crippen molar-refractivity contribution >= 4 is 0 Å². The van der Waals surface area contributed by atoms with E-state index >= 15 is 0 Å². The van der Waals surface area contributed by atoms with Crippen molar-refractivity contribution in [3.8, 4) is 0 Å². The normalized spacial score (nSPS) is 12.9. The van der Waals surface area contributed by atoms with E-state index in [0.29, 0.717) is 6.04 Å². The zero-order chi connectivity index (χ0) is 25.0. The predicted molar refractivity (Wildman–Crippen MR) is 152 cm³/mol. The van der Waals surface area contributed by atoms with Crippen LogP contribution in [0.1, 0.15) is 142 Å². The van der Waals surface area contributed by atoms with Gasteiger partial charge in [-0.1, -0.05) is 116 Å². The fraction of sp³-hybridized carbons (Fsp3) is 0.935. The summed E-state index contributed by atoms with van der Waals surface area (Å²) < 4.78 is 11.9. The summed E-state index contributed by atoms with van der Waals surface area (Å²) in [5.74, 6) is 0. The van der Waals surface area contributed by atoms with Gasteiger partial charge in [0.15, 0.2) is 0 Å². The monoisotopic (exact) mass is 481 g/mol. The second kappa shape index (κ2) is 28.9. The summed E-state index contributed by atoms with van der Waals surface area (Å²) in [6.07, 6.45) is 31.7. The topological polar surface area (TPSA) is 21.7 Å². The Kier molecular flexibility index (Phi) is 28.5. The van der Waals surface area contributed by atoms with Gasteiger partial charge < -0.3 is 14.4 Å². The summed E-state index contributed by atoms with van der Waals surface area (Å²) in [5, 5.41) is 0. The van der Waals surface area contributed by atoms with Crippen molar-refractivity contribution in [3.05, 3.63) is 12.2 Å². The van der Waals surface area contributed by atoms with E-state index in [0.717, 1.165) is 26.4 Å². The molecule has 0 aromatic rings. The lowest BCUT2D eigenvalue weighted by atomic mass is 10.1. The molecule has 0 aliphatic rings. The van der Waals surface area contributed by atoms with E-state index in [2.05, 4.69) is 45.0 Å². The Balaban J connectivity index is 3.40. The largest absolute Gasteiger partial charge is 0.380 e. The molecule has 0 unspecified atom stereocenters. The van der Waals surface area contributed by atoms with E-state index < -0.39 is 0 Å². The van der Waals surface area contributed by atoms with Gasteiger partial charge in [0.2, 0.25) is 0 Å². The molecule has 0 saturated carbocycles. The number of hydrogen-bond acceptors (Lipinski definition) is 3. The van der Waals surface area contributed by atoms with E-state index in [1.807, 2.05) is 0 Å². The minimum Gasteiger partial charge on any atom is -0.380 e. The smallest absolute Gasteiger partial charge is 0.0644 e. The highest BCUT2D eigenvalue weighted by Crippen LogP contribution is 2.10. The number of nitrogens with zero attached hydrogens (tertiary/aromatic N) is 1. The molecule has 0 bridgehead atoms. The first kappa shape index (κ1) is 33.6. The van der Waals surface area contributed by atoms with Gasteiger partial charge in [0.25, 0.3) is 0 Å². The van der Waals surface area contributed by atoms with E-state index in [1.54, 1.807) is 0 Å². The first-order chi connectivity index (χ1) is 16.7. The van der Waals surface area contributed by atoms with Crippen LogP contribution in [0.2, 0.25) is 0 Å². The Morgan fingerprint density at radius 1 is 0.500 bits per heavy atom. The summed E-state index contributed by atoms with van der Waals surface area (Å²) in [5.41, 5.74) is 0. The number of unbranched alkanes of at least 4 members (excludes halogenated alkanes) is 17. The third kappa shape index (κ3) is 26.2. The third-order valence-electron chi connectivity index (χ3n) is 6.79. The number of hydrogen-bond donors (Lipinski definition) is 0. The molecule has 204 valence electrons. The van der Waals surface area contributed by atoms with E-state index in [1.165, 1.54) is 128 Å². The van der Waals surface area contributed by atoms with Gasteiger partial charge in [0, 0.05) is 13.2 Å². The van der Waals surface area contributed by atoms with Crippen LogP contribution in [0.25, 0.3) is 0 Å². The maximum atomic E-state index is 5.97. The highest BCUT2D eigenvalue weighted by Gasteiger charge is 2.11. The second-order valence-corrected chi connectivity index (χ2v) is 10.5. The van der Waals surface area contributed by atoms with Gasteiger partial charge in [-0.25, -0.2) is 0 Å². The minimum absolute atomic E-state index is 0.370. The molecule has 0 amide bonds. The van der Waals surface area contributed by atoms with Crippen LogP contribution >= 0.6 is 0 Å². The van der Waals surface area contributed by atoms with E-state index in [-0.39, 0.29) is 0 Å². The molecule has 0 spiro atoms. The summed E-state index contributed by atoms with van der Waals surface area (Å²) >= 11 is 0. The van der Waals surface area contributed by atoms with Crippen LogP contribution in [-0.4, -0.2) is 51.5 Å². The van der Waals surface area contributed by atoms with Gasteiger partial charge in [0.05, 0.1) is 19.3 Å². The van der Waals surface area contributed by atoms with Gasteiger partial charge in [-0.3, -0.25) is 0 Å². The summed E-state index contributed by atoms with van der Waals surface area (Å²) in [7, 11) is 4.26. The molecule has 1 atom stereocenters. The molecule has 0 aromatic carbocycles. The van der Waals surface area contributed by atoms with Crippen LogP contribution in [0.4, 0.5) is 0 Å². The Labute approximate surface area is 215 Å². The van der Waals surface area contributed by atoms with Crippen LogP contribution in [0.3, 0.4) is 0 Å². The summed E-state index contributed by atoms with van der Waals surface area (Å²) in [6.45, 7) is 7.91. The molecule has 34 heavy (non-hydrogen) atoms. The van der Waals surface area contributed by atoms with Gasteiger partial charge in [0.1, 0.15) is 0 Å². The average Bonchev–Trinajstić information content (AvgIpc) is 2.83. The fourth-order valence-corrected chi connectivity index (χ4v) is 4.22. The van der Waals surface area contributed by atoms with Crippen molar-refractivity contribution in [2.24, 2.45) is 0 Å². The average molecular weight is 482 g/mol. The number of allylic oxidation sites excluding steroid dienone is 2. The van der Waals surface area contributed by atoms with Gasteiger partial charge in [-0.05, 0) is 52.6 Å². The first-order valence-electron chi connectivity index (χ1n) is 15.2. The highest BCUT2D eigenvalue weighted by atomic mass is 16.5. The van der Waals surface area contributed by atoms with Crippen molar-refractivity contribution < 1.29 is 9.47 Å². The molecule has 0 radical (unpaired) electrons. The van der Waals surface area contributed by atoms with Gasteiger partial charge in [-0.15, -0.1) is 0 Å². The van der Waals surface area contributed by atoms with Crippen molar-refractivity contribution in [2.45, 2.75) is 148 Å². The molecule has 0 fully saturated rings. The van der Waals surface area contributed by atoms with Gasteiger partial charge in [-0.2, -0.15) is 0 Å². The summed E-state index contributed by atoms with van der Waals surface area (Å²) in [6, 6.07) is 0.370. The first-order valence-corrected chi connectivity index (χ1v) is 15.2. The number of likely N-dealkylation sites (N-methyl/N-ethyl adjacent to an activating group) is 1. The molecule has 0 aliphatic carbocycles. The molecule has 0 rings (SSSR count). The standard InChI is InChI=1S/C31H63NO2/c1-5-7-9-11-13-14-15-16-17-18-19-20-21-22-24-26-28-34-30-31(32(3)4)29-33-27-25-23-12-10-8-6-2/h16-17,31H,5-15,18-30H2,1-4H3/t31-/m0/s1. The SMILES string of the molecule is CCCCCCCCC=CCCCCCCCCOC[C@H](COCCCCCCCC)N(C)C. The molecular formula is C31H63NO2. The lowest BCUT2D eigenvalue weighted by Gasteiger charge is -2.24. The third-order valence-corrected chi connectivity index (χ3v) is 6.79. The highest BCUT2D eigenvalue weighted by molar-refractivity contribution is 4.81. The van der Waals surface area contributed by atoms with E-state index in [9.17, 15) is 0 Å². The molecule has 0 saturated heterocycles. The van der Waals surface area contributed by atoms with Crippen molar-refractivity contribution in [1.29, 1.82) is 0 Å². The minimum atomic E-state index is 0.370.